The van der Waals surface area contributed by atoms with Crippen molar-refractivity contribution in [3.8, 4) is 0 Å². The van der Waals surface area contributed by atoms with E-state index in [-0.39, 0.29) is 11.3 Å². The van der Waals surface area contributed by atoms with Gasteiger partial charge in [0.05, 0.1) is 17.6 Å². The van der Waals surface area contributed by atoms with Crippen molar-refractivity contribution in [3.05, 3.63) is 39.9 Å². The van der Waals surface area contributed by atoms with Crippen molar-refractivity contribution < 1.29 is 49.5 Å². The highest BCUT2D eigenvalue weighted by Gasteiger charge is 2.47. The van der Waals surface area contributed by atoms with Gasteiger partial charge in [0.15, 0.2) is 17.2 Å². The number of halogens is 2. The number of carboxylic acid groups (broad SMARTS) is 1. The number of amides is 1. The number of nitro benzene ring substituents is 1. The summed E-state index contributed by atoms with van der Waals surface area (Å²) in [5.74, 6) is -2.55. The van der Waals surface area contributed by atoms with E-state index in [0.717, 1.165) is 12.1 Å². The van der Waals surface area contributed by atoms with Gasteiger partial charge < -0.3 is 40.3 Å². The summed E-state index contributed by atoms with van der Waals surface area (Å²) in [6.45, 7) is -0.610. The van der Waals surface area contributed by atoms with Crippen LogP contribution in [0.25, 0.3) is 0 Å². The van der Waals surface area contributed by atoms with Gasteiger partial charge in [-0.1, -0.05) is 23.2 Å². The number of aliphatic hydroxyl groups excluding tert-OH is 4. The Hall–Kier alpha value is -2.10. The van der Waals surface area contributed by atoms with Gasteiger partial charge in [-0.2, -0.15) is 0 Å². The van der Waals surface area contributed by atoms with Crippen LogP contribution in [-0.4, -0.2) is 90.5 Å². The lowest BCUT2D eigenvalue weighted by atomic mass is 9.99. The Kier molecular flexibility index (Phi) is 9.12. The molecule has 0 bridgehead atoms. The molecule has 0 saturated carbocycles. The Labute approximate surface area is 190 Å². The van der Waals surface area contributed by atoms with Crippen LogP contribution in [0.3, 0.4) is 0 Å². The second-order valence-electron chi connectivity index (χ2n) is 6.78. The van der Waals surface area contributed by atoms with Gasteiger partial charge in [0.25, 0.3) is 11.6 Å². The van der Waals surface area contributed by atoms with E-state index in [2.05, 4.69) is 5.32 Å². The number of carbonyl (C=O) groups is 2. The molecule has 15 heteroatoms. The topological polar surface area (TPSA) is 209 Å². The fourth-order valence-electron chi connectivity index (χ4n) is 2.87. The van der Waals surface area contributed by atoms with E-state index in [9.17, 15) is 40.1 Å². The molecule has 1 saturated heterocycles. The third kappa shape index (κ3) is 6.24. The number of benzene rings is 1. The molecule has 1 heterocycles. The smallest absolute Gasteiger partial charge is 0.335 e. The first-order chi connectivity index (χ1) is 14.9. The molecule has 1 amide bonds. The summed E-state index contributed by atoms with van der Waals surface area (Å²) in [6, 6.07) is 3.40. The number of hydrogen-bond donors (Lipinski definition) is 6. The molecule has 2 rings (SSSR count). The number of rotatable bonds is 9. The number of carboxylic acids is 1. The first kappa shape index (κ1) is 26.2. The average molecular weight is 499 g/mol. The zero-order valence-corrected chi connectivity index (χ0v) is 17.5. The summed E-state index contributed by atoms with van der Waals surface area (Å²) in [5.41, 5.74) is -0.112. The van der Waals surface area contributed by atoms with Gasteiger partial charge >= 0.3 is 5.97 Å². The first-order valence-corrected chi connectivity index (χ1v) is 9.86. The maximum absolute atomic E-state index is 11.9. The van der Waals surface area contributed by atoms with Crippen molar-refractivity contribution in [2.75, 3.05) is 6.61 Å². The second-order valence-corrected chi connectivity index (χ2v) is 7.87. The predicted octanol–water partition coefficient (Wildman–Crippen LogP) is -1.17. The fourth-order valence-corrected chi connectivity index (χ4v) is 3.00. The van der Waals surface area contributed by atoms with E-state index in [0.29, 0.717) is 0 Å². The van der Waals surface area contributed by atoms with Gasteiger partial charge in [0, 0.05) is 12.1 Å². The normalized spacial score (nSPS) is 27.5. The number of alkyl halides is 2. The summed E-state index contributed by atoms with van der Waals surface area (Å²) in [7, 11) is 0. The highest BCUT2D eigenvalue weighted by molar-refractivity contribution is 6.53. The summed E-state index contributed by atoms with van der Waals surface area (Å²) in [4.78, 5) is 31.7. The average Bonchev–Trinajstić information content (AvgIpc) is 2.75. The molecule has 1 aromatic carbocycles. The summed E-state index contributed by atoms with van der Waals surface area (Å²) < 4.78 is 10.2. The molecule has 6 N–H and O–H groups in total. The lowest BCUT2D eigenvalue weighted by Crippen LogP contribution is -2.61. The van der Waals surface area contributed by atoms with Crippen molar-refractivity contribution in [2.45, 2.75) is 47.7 Å². The second kappa shape index (κ2) is 11.2. The zero-order chi connectivity index (χ0) is 24.2. The van der Waals surface area contributed by atoms with Gasteiger partial charge in [-0.25, -0.2) is 4.79 Å². The minimum atomic E-state index is -1.93. The number of aliphatic hydroxyl groups is 4. The monoisotopic (exact) mass is 498 g/mol. The van der Waals surface area contributed by atoms with Crippen LogP contribution in [0.15, 0.2) is 24.3 Å². The molecule has 7 atom stereocenters. The highest BCUT2D eigenvalue weighted by atomic mass is 35.5. The van der Waals surface area contributed by atoms with Crippen LogP contribution in [0.4, 0.5) is 5.69 Å². The highest BCUT2D eigenvalue weighted by Crippen LogP contribution is 2.25. The number of nitrogens with one attached hydrogen (secondary N) is 1. The molecule has 0 aliphatic carbocycles. The van der Waals surface area contributed by atoms with E-state index in [1.165, 1.54) is 12.1 Å². The molecule has 0 spiro atoms. The molecular formula is C17H20Cl2N2O11. The van der Waals surface area contributed by atoms with Crippen LogP contribution >= 0.6 is 23.2 Å². The Morgan fingerprint density at radius 3 is 2.25 bits per heavy atom. The molecule has 178 valence electrons. The van der Waals surface area contributed by atoms with Gasteiger partial charge in [0.1, 0.15) is 24.4 Å². The van der Waals surface area contributed by atoms with Crippen molar-refractivity contribution in [2.24, 2.45) is 0 Å². The van der Waals surface area contributed by atoms with Crippen LogP contribution in [-0.2, 0) is 19.1 Å². The van der Waals surface area contributed by atoms with E-state index in [4.69, 9.17) is 37.8 Å². The standard InChI is InChI=1S/C17H20Cl2N2O11/c18-14(19)15(26)20-8(9(22)6-1-3-7(4-2-6)21(29)30)5-31-17-12(25)10(23)11(24)13(32-17)16(27)28/h1-4,8-14,17,22-25H,5H2,(H,20,26)(H,27,28). The number of hydrogen-bond acceptors (Lipinski definition) is 10. The predicted molar refractivity (Wildman–Crippen MR) is 106 cm³/mol. The van der Waals surface area contributed by atoms with E-state index >= 15 is 0 Å². The maximum atomic E-state index is 11.9. The van der Waals surface area contributed by atoms with Crippen molar-refractivity contribution >= 4 is 40.8 Å². The molecule has 13 nitrogen and oxygen atoms in total. The minimum absolute atomic E-state index is 0.133. The lowest BCUT2D eigenvalue weighted by Gasteiger charge is -2.39. The third-order valence-electron chi connectivity index (χ3n) is 4.61. The Balaban J connectivity index is 2.18. The Morgan fingerprint density at radius 1 is 1.16 bits per heavy atom. The molecular weight excluding hydrogens is 479 g/mol. The summed E-state index contributed by atoms with van der Waals surface area (Å²) in [6.07, 6.45) is -10.9. The van der Waals surface area contributed by atoms with Gasteiger partial charge in [0.2, 0.25) is 0 Å². The van der Waals surface area contributed by atoms with Crippen molar-refractivity contribution in [3.63, 3.8) is 0 Å². The molecule has 1 aliphatic heterocycles. The fraction of sp³-hybridized carbons (Fsp3) is 0.529. The lowest BCUT2D eigenvalue weighted by molar-refractivity contribution is -0.384. The number of nitro groups is 1. The van der Waals surface area contributed by atoms with Crippen LogP contribution in [0.2, 0.25) is 0 Å². The van der Waals surface area contributed by atoms with Crippen LogP contribution in [0.5, 0.6) is 0 Å². The van der Waals surface area contributed by atoms with Gasteiger partial charge in [-0.05, 0) is 17.7 Å². The molecule has 1 aliphatic rings. The van der Waals surface area contributed by atoms with Crippen LogP contribution in [0, 0.1) is 10.1 Å². The van der Waals surface area contributed by atoms with Gasteiger partial charge in [-0.3, -0.25) is 14.9 Å². The van der Waals surface area contributed by atoms with E-state index in [1.54, 1.807) is 0 Å². The first-order valence-electron chi connectivity index (χ1n) is 8.99. The van der Waals surface area contributed by atoms with E-state index in [1.807, 2.05) is 0 Å². The zero-order valence-electron chi connectivity index (χ0n) is 16.0. The minimum Gasteiger partial charge on any atom is -0.479 e. The number of carbonyl (C=O) groups excluding carboxylic acids is 1. The number of ether oxygens (including phenoxy) is 2. The number of non-ortho nitro benzene ring substituents is 1. The largest absolute Gasteiger partial charge is 0.479 e. The van der Waals surface area contributed by atoms with E-state index < -0.39 is 71.1 Å². The number of nitrogens with zero attached hydrogens (tertiary/aromatic N) is 1. The molecule has 7 unspecified atom stereocenters. The van der Waals surface area contributed by atoms with Crippen molar-refractivity contribution in [1.29, 1.82) is 0 Å². The Bertz CT molecular complexity index is 825. The molecule has 1 fully saturated rings. The summed E-state index contributed by atoms with van der Waals surface area (Å²) in [5, 5.41) is 62.4. The van der Waals surface area contributed by atoms with Crippen LogP contribution in [0.1, 0.15) is 11.7 Å². The molecule has 0 radical (unpaired) electrons. The van der Waals surface area contributed by atoms with Gasteiger partial charge in [-0.15, -0.1) is 0 Å². The quantitative estimate of drug-likeness (QED) is 0.135. The summed E-state index contributed by atoms with van der Waals surface area (Å²) >= 11 is 11.0. The van der Waals surface area contributed by atoms with Crippen molar-refractivity contribution in [1.82, 2.24) is 5.32 Å². The third-order valence-corrected chi connectivity index (χ3v) is 5.00. The molecule has 0 aromatic heterocycles. The van der Waals surface area contributed by atoms with Crippen LogP contribution < -0.4 is 5.32 Å². The molecule has 32 heavy (non-hydrogen) atoms. The SMILES string of the molecule is O=C(NC(COC1OC(C(=O)O)C(O)C(O)C1O)C(O)c1ccc([N+](=O)[O-])cc1)C(Cl)Cl. The maximum Gasteiger partial charge on any atom is 0.335 e. The number of aliphatic carboxylic acids is 1. The molecule has 1 aromatic rings. The Morgan fingerprint density at radius 2 is 1.75 bits per heavy atom.